The van der Waals surface area contributed by atoms with Gasteiger partial charge in [0.15, 0.2) is 16.9 Å². The standard InChI is InChI=1S/C51H44N10O6S3/c1-60-50(56-58-59-60)70-30-34-29-68-47-41(46(64)61(47)42(34)48(65)66-43(32-17-7-2-8-18-32)33-19-9-3-10-20-33)54-45(63)40(57-67-39-27-28-52-44(39)62)38-31-69-49(53-38)55-51(35-21-11-4-12-22-35,36-23-13-5-14-24-36)37-25-15-6-16-26-37/h2-26,31,39,41,43,47H,27-30H2,1H3,(H,52,62)(H,53,55)(H,54,63)/b57-40+/t39?,41-,47-/m1/s1. The van der Waals surface area contributed by atoms with Crippen LogP contribution >= 0.6 is 34.9 Å². The third-order valence-electron chi connectivity index (χ3n) is 12.1. The van der Waals surface area contributed by atoms with Gasteiger partial charge in [-0.15, -0.1) is 28.2 Å². The van der Waals surface area contributed by atoms with Gasteiger partial charge in [-0.3, -0.25) is 19.3 Å². The number of carbonyl (C=O) groups excluding carboxylic acids is 4. The molecular weight excluding hydrogens is 945 g/mol. The zero-order valence-electron chi connectivity index (χ0n) is 37.5. The number of tetrazole rings is 1. The Kier molecular flexibility index (Phi) is 13.5. The summed E-state index contributed by atoms with van der Waals surface area (Å²) in [5, 5.41) is 27.4. The van der Waals surface area contributed by atoms with Crippen molar-refractivity contribution in [3.8, 4) is 0 Å². The summed E-state index contributed by atoms with van der Waals surface area (Å²) in [5.41, 5.74) is 4.08. The number of thiazole rings is 1. The van der Waals surface area contributed by atoms with Crippen molar-refractivity contribution in [3.05, 3.63) is 202 Å². The maximum absolute atomic E-state index is 14.7. The summed E-state index contributed by atoms with van der Waals surface area (Å²) < 4.78 is 7.88. The third-order valence-corrected chi connectivity index (χ3v) is 15.3. The number of oxime groups is 1. The first-order chi connectivity index (χ1) is 34.3. The first-order valence-electron chi connectivity index (χ1n) is 22.3. The fraction of sp³-hybridized carbons (Fsp3) is 0.196. The number of carbonyl (C=O) groups is 4. The normalized spacial score (nSPS) is 17.9. The first kappa shape index (κ1) is 46.1. The maximum atomic E-state index is 14.7. The number of aryl methyl sites for hydroxylation is 1. The lowest BCUT2D eigenvalue weighted by molar-refractivity contribution is -0.154. The second-order valence-electron chi connectivity index (χ2n) is 16.4. The van der Waals surface area contributed by atoms with Crippen LogP contribution in [0.2, 0.25) is 0 Å². The summed E-state index contributed by atoms with van der Waals surface area (Å²) in [6, 6.07) is 47.8. The van der Waals surface area contributed by atoms with Crippen molar-refractivity contribution in [2.75, 3.05) is 23.4 Å². The van der Waals surface area contributed by atoms with E-state index in [4.69, 9.17) is 14.6 Å². The van der Waals surface area contributed by atoms with Crippen molar-refractivity contribution in [1.82, 2.24) is 40.7 Å². The highest BCUT2D eigenvalue weighted by Crippen LogP contribution is 2.44. The van der Waals surface area contributed by atoms with Gasteiger partial charge in [-0.25, -0.2) is 14.5 Å². The molecule has 3 aliphatic heterocycles. The van der Waals surface area contributed by atoms with Gasteiger partial charge in [0, 0.05) is 36.9 Å². The molecule has 0 spiro atoms. The van der Waals surface area contributed by atoms with E-state index in [1.807, 2.05) is 152 Å². The largest absolute Gasteiger partial charge is 0.448 e. The molecule has 5 aromatic carbocycles. The smallest absolute Gasteiger partial charge is 0.356 e. The number of benzene rings is 5. The number of β-lactam (4-membered cyclic amide) rings is 1. The van der Waals surface area contributed by atoms with Crippen LogP contribution in [0.15, 0.2) is 179 Å². The molecule has 3 aliphatic rings. The molecule has 3 atom stereocenters. The Labute approximate surface area is 414 Å². The number of rotatable bonds is 17. The van der Waals surface area contributed by atoms with Crippen molar-refractivity contribution in [2.24, 2.45) is 12.2 Å². The number of nitrogens with one attached hydrogen (secondary N) is 3. The van der Waals surface area contributed by atoms with Gasteiger partial charge in [-0.2, -0.15) is 0 Å². The molecule has 16 nitrogen and oxygen atoms in total. The minimum absolute atomic E-state index is 0.0946. The average Bonchev–Trinajstić information content (AvgIpc) is 4.17. The van der Waals surface area contributed by atoms with Crippen LogP contribution < -0.4 is 16.0 Å². The zero-order chi connectivity index (χ0) is 48.0. The molecule has 19 heteroatoms. The molecule has 0 bridgehead atoms. The van der Waals surface area contributed by atoms with E-state index in [1.54, 1.807) is 12.4 Å². The molecule has 2 fully saturated rings. The van der Waals surface area contributed by atoms with E-state index in [1.165, 1.54) is 44.4 Å². The van der Waals surface area contributed by atoms with Gasteiger partial charge < -0.3 is 25.5 Å². The zero-order valence-corrected chi connectivity index (χ0v) is 39.9. The van der Waals surface area contributed by atoms with Crippen LogP contribution in [0.1, 0.15) is 46.0 Å². The van der Waals surface area contributed by atoms with Gasteiger partial charge in [-0.05, 0) is 43.8 Å². The van der Waals surface area contributed by atoms with E-state index in [2.05, 4.69) is 36.6 Å². The van der Waals surface area contributed by atoms with Gasteiger partial charge in [0.05, 0.1) is 0 Å². The number of hydrogen-bond acceptors (Lipinski definition) is 15. The van der Waals surface area contributed by atoms with E-state index in [0.29, 0.717) is 34.6 Å². The molecule has 7 aromatic rings. The SMILES string of the molecule is Cn1nnnc1SCC1=C(C(=O)OC(c2ccccc2)c2ccccc2)N2C(=O)[C@@H](NC(=O)/C(=N/OC3CCNC3=O)c3csc(NC(c4ccccc4)(c4ccccc4)c4ccccc4)n3)[C@H]2SC1. The molecule has 0 radical (unpaired) electrons. The van der Waals surface area contributed by atoms with Crippen LogP contribution in [0.3, 0.4) is 0 Å². The van der Waals surface area contributed by atoms with E-state index >= 15 is 0 Å². The number of anilines is 1. The van der Waals surface area contributed by atoms with Crippen LogP contribution in [-0.4, -0.2) is 95.1 Å². The van der Waals surface area contributed by atoms with E-state index in [0.717, 1.165) is 27.8 Å². The molecule has 2 saturated heterocycles. The Morgan fingerprint density at radius 1 is 0.857 bits per heavy atom. The quantitative estimate of drug-likeness (QED) is 0.0225. The number of thioether (sulfide) groups is 2. The maximum Gasteiger partial charge on any atom is 0.356 e. The Balaban J connectivity index is 0.953. The predicted molar refractivity (Wildman–Crippen MR) is 266 cm³/mol. The fourth-order valence-corrected chi connectivity index (χ4v) is 11.7. The third kappa shape index (κ3) is 9.29. The second-order valence-corrected chi connectivity index (χ2v) is 19.3. The molecule has 0 saturated carbocycles. The lowest BCUT2D eigenvalue weighted by Gasteiger charge is -2.49. The Hall–Kier alpha value is -7.61. The number of fused-ring (bicyclic) bond motifs is 1. The summed E-state index contributed by atoms with van der Waals surface area (Å²) >= 11 is 3.98. The van der Waals surface area contributed by atoms with Crippen molar-refractivity contribution in [1.29, 1.82) is 0 Å². The van der Waals surface area contributed by atoms with Gasteiger partial charge in [0.2, 0.25) is 11.3 Å². The number of esters is 1. The fourth-order valence-electron chi connectivity index (χ4n) is 8.61. The van der Waals surface area contributed by atoms with Crippen LogP contribution in [0.25, 0.3) is 0 Å². The summed E-state index contributed by atoms with van der Waals surface area (Å²) in [4.78, 5) is 68.5. The summed E-state index contributed by atoms with van der Waals surface area (Å²) in [7, 11) is 1.72. The molecular formula is C51H44N10O6S3. The Bertz CT molecular complexity index is 2930. The second kappa shape index (κ2) is 20.5. The van der Waals surface area contributed by atoms with Crippen molar-refractivity contribution in [2.45, 2.75) is 40.7 Å². The van der Waals surface area contributed by atoms with E-state index < -0.39 is 46.9 Å². The van der Waals surface area contributed by atoms with Crippen molar-refractivity contribution in [3.63, 3.8) is 0 Å². The highest BCUT2D eigenvalue weighted by Gasteiger charge is 2.55. The highest BCUT2D eigenvalue weighted by molar-refractivity contribution is 8.01. The first-order valence-corrected chi connectivity index (χ1v) is 25.3. The van der Waals surface area contributed by atoms with Gasteiger partial charge >= 0.3 is 5.97 Å². The Morgan fingerprint density at radius 3 is 1.99 bits per heavy atom. The van der Waals surface area contributed by atoms with Crippen LogP contribution in [0.5, 0.6) is 0 Å². The van der Waals surface area contributed by atoms with Crippen molar-refractivity contribution >= 4 is 69.4 Å². The molecule has 352 valence electrons. The molecule has 1 unspecified atom stereocenters. The lowest BCUT2D eigenvalue weighted by atomic mass is 9.77. The molecule has 3 amide bonds. The number of amides is 3. The predicted octanol–water partition coefficient (Wildman–Crippen LogP) is 6.46. The molecule has 3 N–H and O–H groups in total. The minimum Gasteiger partial charge on any atom is -0.448 e. The monoisotopic (exact) mass is 988 g/mol. The van der Waals surface area contributed by atoms with Crippen LogP contribution in [0, 0.1) is 0 Å². The minimum atomic E-state index is -1.07. The number of nitrogens with zero attached hydrogens (tertiary/aromatic N) is 7. The molecule has 2 aromatic heterocycles. The number of hydrogen-bond donors (Lipinski definition) is 3. The van der Waals surface area contributed by atoms with Crippen LogP contribution in [0.4, 0.5) is 5.13 Å². The molecule has 10 rings (SSSR count). The van der Waals surface area contributed by atoms with Gasteiger partial charge in [0.1, 0.15) is 28.3 Å². The summed E-state index contributed by atoms with van der Waals surface area (Å²) in [5.74, 6) is -1.72. The average molecular weight is 989 g/mol. The van der Waals surface area contributed by atoms with Gasteiger partial charge in [-0.1, -0.05) is 169 Å². The van der Waals surface area contributed by atoms with E-state index in [-0.39, 0.29) is 28.8 Å². The van der Waals surface area contributed by atoms with Crippen LogP contribution in [-0.2, 0) is 41.3 Å². The summed E-state index contributed by atoms with van der Waals surface area (Å²) in [6.45, 7) is 0.392. The summed E-state index contributed by atoms with van der Waals surface area (Å²) in [6.07, 6.45) is -1.37. The topological polar surface area (TPSA) is 195 Å². The van der Waals surface area contributed by atoms with Crippen molar-refractivity contribution < 1.29 is 28.8 Å². The molecule has 70 heavy (non-hydrogen) atoms. The van der Waals surface area contributed by atoms with Gasteiger partial charge in [0.25, 0.3) is 17.7 Å². The molecule has 0 aliphatic carbocycles. The number of aromatic nitrogens is 5. The lowest BCUT2D eigenvalue weighted by Crippen LogP contribution is -2.71. The molecule has 5 heterocycles. The highest BCUT2D eigenvalue weighted by atomic mass is 32.2. The van der Waals surface area contributed by atoms with E-state index in [9.17, 15) is 19.2 Å². The Morgan fingerprint density at radius 2 is 1.44 bits per heavy atom. The number of ether oxygens (including phenoxy) is 1.